The number of benzene rings is 4. The zero-order valence-corrected chi connectivity index (χ0v) is 27.6. The average molecular weight is 613 g/mol. The third kappa shape index (κ3) is 5.03. The summed E-state index contributed by atoms with van der Waals surface area (Å²) in [4.78, 5) is 20.6. The number of nitrogens with zero attached hydrogens (tertiary/aromatic N) is 4. The van der Waals surface area contributed by atoms with Gasteiger partial charge in [0.05, 0.1) is 11.0 Å². The van der Waals surface area contributed by atoms with E-state index in [9.17, 15) is 0 Å². The number of hydrogen-bond acceptors (Lipinski definition) is 5. The van der Waals surface area contributed by atoms with Crippen molar-refractivity contribution in [2.75, 3.05) is 0 Å². The summed E-state index contributed by atoms with van der Waals surface area (Å²) >= 11 is 0. The Morgan fingerprint density at radius 2 is 1.17 bits per heavy atom. The molecule has 5 heteroatoms. The van der Waals surface area contributed by atoms with Gasteiger partial charge in [-0.2, -0.15) is 0 Å². The van der Waals surface area contributed by atoms with Crippen molar-refractivity contribution in [1.82, 2.24) is 19.9 Å². The van der Waals surface area contributed by atoms with Crippen LogP contribution in [-0.2, 0) is 10.8 Å². The molecule has 0 aliphatic rings. The Kier molecular flexibility index (Phi) is 6.52. The maximum atomic E-state index is 6.45. The number of pyridine rings is 2. The summed E-state index contributed by atoms with van der Waals surface area (Å²) in [6, 6.07) is 37.7. The Balaban J connectivity index is 1.39. The molecule has 0 aliphatic carbocycles. The lowest BCUT2D eigenvalue weighted by Gasteiger charge is -2.22. The SMILES string of the molecule is CC(C)(C)c1ccc2ccc3c(-c4cccc(-c5nc(-c6ccccc6)nc6c5oc5ccccc56)c4)cc(C(C)(C)C)nc3c2n1. The number of para-hydroxylation sites is 1. The molecule has 8 aromatic rings. The Hall–Kier alpha value is -5.42. The summed E-state index contributed by atoms with van der Waals surface area (Å²) in [5.74, 6) is 0.668. The summed E-state index contributed by atoms with van der Waals surface area (Å²) in [6.07, 6.45) is 0. The van der Waals surface area contributed by atoms with Crippen LogP contribution < -0.4 is 0 Å². The molecule has 47 heavy (non-hydrogen) atoms. The number of rotatable bonds is 3. The summed E-state index contributed by atoms with van der Waals surface area (Å²) in [6.45, 7) is 13.2. The highest BCUT2D eigenvalue weighted by molar-refractivity contribution is 6.10. The van der Waals surface area contributed by atoms with Crippen molar-refractivity contribution in [1.29, 1.82) is 0 Å². The molecule has 0 unspecified atom stereocenters. The van der Waals surface area contributed by atoms with Gasteiger partial charge in [-0.1, -0.05) is 120 Å². The molecule has 4 aromatic heterocycles. The molecular formula is C42H36N4O. The van der Waals surface area contributed by atoms with E-state index in [1.807, 2.05) is 48.5 Å². The van der Waals surface area contributed by atoms with Gasteiger partial charge in [0.15, 0.2) is 11.4 Å². The second-order valence-electron chi connectivity index (χ2n) is 14.4. The van der Waals surface area contributed by atoms with Crippen LogP contribution in [0.25, 0.3) is 77.6 Å². The molecule has 0 atom stereocenters. The standard InChI is InChI=1S/C42H36N4O/c1-41(2,3)33-22-20-25-19-21-29-31(24-34(42(4,5)6)44-37(29)35(25)43-33)27-15-12-16-28(23-27)36-39-38(30-17-10-11-18-32(30)47-39)46-40(45-36)26-13-8-7-9-14-26/h7-24H,1-6H3. The molecule has 230 valence electrons. The largest absolute Gasteiger partial charge is 0.452 e. The monoisotopic (exact) mass is 612 g/mol. The Morgan fingerprint density at radius 3 is 1.96 bits per heavy atom. The van der Waals surface area contributed by atoms with Crippen molar-refractivity contribution in [3.8, 4) is 33.8 Å². The minimum Gasteiger partial charge on any atom is -0.452 e. The first-order valence-corrected chi connectivity index (χ1v) is 16.2. The molecule has 8 rings (SSSR count). The van der Waals surface area contributed by atoms with Gasteiger partial charge in [0.1, 0.15) is 16.8 Å². The highest BCUT2D eigenvalue weighted by Crippen LogP contribution is 2.40. The van der Waals surface area contributed by atoms with E-state index in [0.29, 0.717) is 11.4 Å². The lowest BCUT2D eigenvalue weighted by atomic mass is 9.87. The summed E-state index contributed by atoms with van der Waals surface area (Å²) in [5, 5.41) is 3.14. The molecule has 5 nitrogen and oxygen atoms in total. The van der Waals surface area contributed by atoms with Gasteiger partial charge >= 0.3 is 0 Å². The summed E-state index contributed by atoms with van der Waals surface area (Å²) in [7, 11) is 0. The van der Waals surface area contributed by atoms with Crippen LogP contribution in [0.2, 0.25) is 0 Å². The minimum absolute atomic E-state index is 0.0761. The van der Waals surface area contributed by atoms with Crippen LogP contribution in [0.3, 0.4) is 0 Å². The van der Waals surface area contributed by atoms with E-state index >= 15 is 0 Å². The average Bonchev–Trinajstić information content (AvgIpc) is 3.45. The quantitative estimate of drug-likeness (QED) is 0.186. The molecule has 0 bridgehead atoms. The van der Waals surface area contributed by atoms with Crippen LogP contribution in [0.5, 0.6) is 0 Å². The van der Waals surface area contributed by atoms with Crippen LogP contribution >= 0.6 is 0 Å². The van der Waals surface area contributed by atoms with Crippen molar-refractivity contribution in [3.63, 3.8) is 0 Å². The lowest BCUT2D eigenvalue weighted by Crippen LogP contribution is -2.15. The van der Waals surface area contributed by atoms with Gasteiger partial charge in [0.25, 0.3) is 0 Å². The van der Waals surface area contributed by atoms with E-state index < -0.39 is 0 Å². The lowest BCUT2D eigenvalue weighted by molar-refractivity contribution is 0.570. The van der Waals surface area contributed by atoms with Gasteiger partial charge in [0.2, 0.25) is 0 Å². The van der Waals surface area contributed by atoms with Crippen LogP contribution in [0.4, 0.5) is 0 Å². The third-order valence-electron chi connectivity index (χ3n) is 8.87. The van der Waals surface area contributed by atoms with E-state index in [0.717, 1.165) is 77.6 Å². The van der Waals surface area contributed by atoms with Crippen LogP contribution in [0.1, 0.15) is 52.9 Å². The van der Waals surface area contributed by atoms with Crippen molar-refractivity contribution in [2.24, 2.45) is 0 Å². The fraction of sp³-hybridized carbons (Fsp3) is 0.190. The van der Waals surface area contributed by atoms with E-state index in [1.165, 1.54) is 0 Å². The number of hydrogen-bond donors (Lipinski definition) is 0. The molecule has 0 radical (unpaired) electrons. The van der Waals surface area contributed by atoms with Crippen molar-refractivity contribution in [2.45, 2.75) is 52.4 Å². The van der Waals surface area contributed by atoms with Gasteiger partial charge < -0.3 is 4.42 Å². The summed E-state index contributed by atoms with van der Waals surface area (Å²) in [5.41, 5.74) is 10.9. The van der Waals surface area contributed by atoms with E-state index in [-0.39, 0.29) is 10.8 Å². The molecule has 0 saturated heterocycles. The van der Waals surface area contributed by atoms with Gasteiger partial charge in [-0.05, 0) is 41.5 Å². The fourth-order valence-corrected chi connectivity index (χ4v) is 6.25. The van der Waals surface area contributed by atoms with Crippen molar-refractivity contribution < 1.29 is 4.42 Å². The molecule has 0 saturated carbocycles. The van der Waals surface area contributed by atoms with E-state index in [4.69, 9.17) is 24.4 Å². The number of aromatic nitrogens is 4. The molecule has 0 fully saturated rings. The maximum absolute atomic E-state index is 6.45. The van der Waals surface area contributed by atoms with Crippen LogP contribution in [0, 0.1) is 0 Å². The van der Waals surface area contributed by atoms with Gasteiger partial charge in [-0.15, -0.1) is 0 Å². The van der Waals surface area contributed by atoms with E-state index in [1.54, 1.807) is 0 Å². The Morgan fingerprint density at radius 1 is 0.489 bits per heavy atom. The van der Waals surface area contributed by atoms with Crippen LogP contribution in [0.15, 0.2) is 114 Å². The molecule has 0 N–H and O–H groups in total. The first kappa shape index (κ1) is 29.0. The second kappa shape index (κ2) is 10.6. The predicted molar refractivity (Wildman–Crippen MR) is 194 cm³/mol. The fourth-order valence-electron chi connectivity index (χ4n) is 6.25. The van der Waals surface area contributed by atoms with Crippen molar-refractivity contribution in [3.05, 3.63) is 121 Å². The molecule has 0 aliphatic heterocycles. The molecule has 0 amide bonds. The third-order valence-corrected chi connectivity index (χ3v) is 8.87. The number of fused-ring (bicyclic) bond motifs is 6. The highest BCUT2D eigenvalue weighted by Gasteiger charge is 2.23. The normalized spacial score (nSPS) is 12.5. The Labute approximate surface area is 274 Å². The molecule has 4 heterocycles. The minimum atomic E-state index is -0.165. The molecular weight excluding hydrogens is 576 g/mol. The first-order valence-electron chi connectivity index (χ1n) is 16.2. The highest BCUT2D eigenvalue weighted by atomic mass is 16.3. The first-order chi connectivity index (χ1) is 22.5. The topological polar surface area (TPSA) is 64.7 Å². The van der Waals surface area contributed by atoms with Crippen molar-refractivity contribution >= 4 is 43.9 Å². The molecule has 0 spiro atoms. The maximum Gasteiger partial charge on any atom is 0.180 e. The molecule has 4 aromatic carbocycles. The summed E-state index contributed by atoms with van der Waals surface area (Å²) < 4.78 is 6.45. The second-order valence-corrected chi connectivity index (χ2v) is 14.4. The van der Waals surface area contributed by atoms with E-state index in [2.05, 4.69) is 102 Å². The smallest absolute Gasteiger partial charge is 0.180 e. The van der Waals surface area contributed by atoms with Gasteiger partial charge in [-0.3, -0.25) is 0 Å². The number of furan rings is 1. The van der Waals surface area contributed by atoms with Gasteiger partial charge in [0, 0.05) is 49.5 Å². The van der Waals surface area contributed by atoms with Crippen LogP contribution in [-0.4, -0.2) is 19.9 Å². The predicted octanol–water partition coefficient (Wildman–Crippen LogP) is 11.1. The zero-order chi connectivity index (χ0) is 32.5. The Bertz CT molecular complexity index is 2480. The zero-order valence-electron chi connectivity index (χ0n) is 27.6. The van der Waals surface area contributed by atoms with Gasteiger partial charge in [-0.25, -0.2) is 19.9 Å².